The molecule has 0 saturated carbocycles. The maximum Gasteiger partial charge on any atom is 0.0922 e. The van der Waals surface area contributed by atoms with Gasteiger partial charge in [-0.05, 0) is 18.7 Å². The molecule has 0 aromatic heterocycles. The van der Waals surface area contributed by atoms with Crippen LogP contribution in [0.3, 0.4) is 0 Å². The summed E-state index contributed by atoms with van der Waals surface area (Å²) in [6, 6.07) is 8.40. The highest BCUT2D eigenvalue weighted by Gasteiger charge is 1.91. The lowest BCUT2D eigenvalue weighted by molar-refractivity contribution is 0.169. The van der Waals surface area contributed by atoms with Crippen molar-refractivity contribution in [2.45, 2.75) is 13.5 Å². The van der Waals surface area contributed by atoms with Crippen LogP contribution in [-0.2, 0) is 11.3 Å². The van der Waals surface area contributed by atoms with E-state index in [0.29, 0.717) is 0 Å². The second-order valence-electron chi connectivity index (χ2n) is 2.74. The number of hydrogen-bond acceptors (Lipinski definition) is 2. The average molecular weight is 182 g/mol. The van der Waals surface area contributed by atoms with Crippen molar-refractivity contribution in [3.8, 4) is 0 Å². The Morgan fingerprint density at radius 2 is 2.25 bits per heavy atom. The van der Waals surface area contributed by atoms with Crippen LogP contribution in [-0.4, -0.2) is 12.2 Å². The second-order valence-corrected chi connectivity index (χ2v) is 3.56. The van der Waals surface area contributed by atoms with Gasteiger partial charge in [0.05, 0.1) is 12.5 Å². The van der Waals surface area contributed by atoms with Gasteiger partial charge in [-0.15, -0.1) is 11.8 Å². The molecule has 0 N–H and O–H groups in total. The lowest BCUT2D eigenvalue weighted by Crippen LogP contribution is -1.91. The Kier molecular flexibility index (Phi) is 4.19. The molecule has 66 valence electrons. The number of benzene rings is 1. The molecule has 0 bridgehead atoms. The van der Waals surface area contributed by atoms with E-state index in [9.17, 15) is 0 Å². The summed E-state index contributed by atoms with van der Waals surface area (Å²) in [5.74, 6) is 0.772. The van der Waals surface area contributed by atoms with Crippen LogP contribution in [0.2, 0.25) is 0 Å². The third kappa shape index (κ3) is 3.28. The van der Waals surface area contributed by atoms with E-state index in [0.717, 1.165) is 12.5 Å². The molecule has 0 spiro atoms. The largest absolute Gasteiger partial charge is 0.366 e. The van der Waals surface area contributed by atoms with E-state index < -0.39 is 0 Å². The minimum Gasteiger partial charge on any atom is -0.366 e. The lowest BCUT2D eigenvalue weighted by Gasteiger charge is -2.02. The van der Waals surface area contributed by atoms with Gasteiger partial charge in [0, 0.05) is 0 Å². The minimum absolute atomic E-state index is 0.725. The monoisotopic (exact) mass is 182 g/mol. The van der Waals surface area contributed by atoms with E-state index in [1.54, 1.807) is 11.8 Å². The predicted octanol–water partition coefficient (Wildman–Crippen LogP) is 2.83. The summed E-state index contributed by atoms with van der Waals surface area (Å²) < 4.78 is 5.39. The summed E-state index contributed by atoms with van der Waals surface area (Å²) in [6.07, 6.45) is 2.04. The van der Waals surface area contributed by atoms with Crippen molar-refractivity contribution in [1.29, 1.82) is 0 Å². The Hall–Kier alpha value is -0.470. The molecule has 0 amide bonds. The third-order valence-electron chi connectivity index (χ3n) is 1.55. The van der Waals surface area contributed by atoms with Gasteiger partial charge >= 0.3 is 0 Å². The normalized spacial score (nSPS) is 10.2. The first-order valence-electron chi connectivity index (χ1n) is 3.95. The van der Waals surface area contributed by atoms with Crippen molar-refractivity contribution in [1.82, 2.24) is 0 Å². The summed E-state index contributed by atoms with van der Waals surface area (Å²) in [7, 11) is 0. The van der Waals surface area contributed by atoms with Crippen molar-refractivity contribution in [2.24, 2.45) is 0 Å². The van der Waals surface area contributed by atoms with E-state index in [1.807, 2.05) is 6.26 Å². The number of hydrogen-bond donors (Lipinski definition) is 0. The highest BCUT2D eigenvalue weighted by molar-refractivity contribution is 7.98. The summed E-state index contributed by atoms with van der Waals surface area (Å²) in [5.41, 5.74) is 2.55. The van der Waals surface area contributed by atoms with Crippen molar-refractivity contribution in [3.05, 3.63) is 35.4 Å². The maximum atomic E-state index is 5.39. The van der Waals surface area contributed by atoms with E-state index in [2.05, 4.69) is 31.2 Å². The van der Waals surface area contributed by atoms with Gasteiger partial charge in [0.1, 0.15) is 0 Å². The Morgan fingerprint density at radius 3 is 2.92 bits per heavy atom. The molecule has 0 radical (unpaired) electrons. The molecule has 1 rings (SSSR count). The summed E-state index contributed by atoms with van der Waals surface area (Å²) >= 11 is 1.70. The molecule has 0 unspecified atom stereocenters. The molecule has 0 fully saturated rings. The van der Waals surface area contributed by atoms with Gasteiger partial charge in [-0.25, -0.2) is 0 Å². The molecule has 0 atom stereocenters. The van der Waals surface area contributed by atoms with Crippen LogP contribution in [0, 0.1) is 6.92 Å². The van der Waals surface area contributed by atoms with Gasteiger partial charge in [-0.1, -0.05) is 29.8 Å². The molecule has 1 aromatic carbocycles. The summed E-state index contributed by atoms with van der Waals surface area (Å²) in [6.45, 7) is 2.82. The van der Waals surface area contributed by atoms with Crippen LogP contribution in [0.1, 0.15) is 11.1 Å². The van der Waals surface area contributed by atoms with Crippen LogP contribution in [0.4, 0.5) is 0 Å². The predicted molar refractivity (Wildman–Crippen MR) is 54.4 cm³/mol. The van der Waals surface area contributed by atoms with Gasteiger partial charge < -0.3 is 4.74 Å². The van der Waals surface area contributed by atoms with Crippen LogP contribution in [0.25, 0.3) is 0 Å². The van der Waals surface area contributed by atoms with E-state index in [-0.39, 0.29) is 0 Å². The minimum atomic E-state index is 0.725. The first-order valence-corrected chi connectivity index (χ1v) is 5.34. The van der Waals surface area contributed by atoms with Crippen LogP contribution in [0.15, 0.2) is 24.3 Å². The molecule has 0 saturated heterocycles. The van der Waals surface area contributed by atoms with Gasteiger partial charge in [0.25, 0.3) is 0 Å². The summed E-state index contributed by atoms with van der Waals surface area (Å²) in [5, 5.41) is 0. The molecular formula is C10H14OS. The smallest absolute Gasteiger partial charge is 0.0922 e. The van der Waals surface area contributed by atoms with Crippen molar-refractivity contribution < 1.29 is 4.74 Å². The standard InChI is InChI=1S/C10H14OS/c1-9-4-3-5-10(6-9)7-11-8-12-2/h3-6H,7-8H2,1-2H3. The Morgan fingerprint density at radius 1 is 1.42 bits per heavy atom. The molecular weight excluding hydrogens is 168 g/mol. The van der Waals surface area contributed by atoms with Gasteiger partial charge in [-0.2, -0.15) is 0 Å². The third-order valence-corrected chi connectivity index (χ3v) is 1.95. The molecule has 0 aliphatic rings. The second kappa shape index (κ2) is 5.22. The number of rotatable bonds is 4. The fraction of sp³-hybridized carbons (Fsp3) is 0.400. The number of ether oxygens (including phenoxy) is 1. The van der Waals surface area contributed by atoms with Crippen LogP contribution >= 0.6 is 11.8 Å². The van der Waals surface area contributed by atoms with Crippen LogP contribution in [0.5, 0.6) is 0 Å². The fourth-order valence-electron chi connectivity index (χ4n) is 1.04. The van der Waals surface area contributed by atoms with Gasteiger partial charge in [0.15, 0.2) is 0 Å². The summed E-state index contributed by atoms with van der Waals surface area (Å²) in [4.78, 5) is 0. The molecule has 2 heteroatoms. The Labute approximate surface area is 78.1 Å². The Bertz CT molecular complexity index is 235. The zero-order chi connectivity index (χ0) is 8.81. The fourth-order valence-corrected chi connectivity index (χ4v) is 1.29. The number of thioether (sulfide) groups is 1. The Balaban J connectivity index is 2.41. The molecule has 1 nitrogen and oxygen atoms in total. The molecule has 0 aliphatic heterocycles. The SMILES string of the molecule is CSCOCc1cccc(C)c1. The topological polar surface area (TPSA) is 9.23 Å². The van der Waals surface area contributed by atoms with Gasteiger partial charge in [-0.3, -0.25) is 0 Å². The van der Waals surface area contributed by atoms with Crippen molar-refractivity contribution >= 4 is 11.8 Å². The quantitative estimate of drug-likeness (QED) is 0.523. The number of aryl methyl sites for hydroxylation is 1. The first kappa shape index (κ1) is 9.62. The zero-order valence-electron chi connectivity index (χ0n) is 7.54. The molecule has 12 heavy (non-hydrogen) atoms. The zero-order valence-corrected chi connectivity index (χ0v) is 8.36. The van der Waals surface area contributed by atoms with E-state index in [4.69, 9.17) is 4.74 Å². The van der Waals surface area contributed by atoms with Crippen molar-refractivity contribution in [3.63, 3.8) is 0 Å². The highest BCUT2D eigenvalue weighted by atomic mass is 32.2. The highest BCUT2D eigenvalue weighted by Crippen LogP contribution is 2.06. The van der Waals surface area contributed by atoms with Crippen molar-refractivity contribution in [2.75, 3.05) is 12.2 Å². The molecule has 0 aliphatic carbocycles. The lowest BCUT2D eigenvalue weighted by atomic mass is 10.1. The van der Waals surface area contributed by atoms with E-state index >= 15 is 0 Å². The van der Waals surface area contributed by atoms with E-state index in [1.165, 1.54) is 11.1 Å². The average Bonchev–Trinajstić information content (AvgIpc) is 2.05. The molecule has 1 aromatic rings. The first-order chi connectivity index (χ1) is 5.83. The maximum absolute atomic E-state index is 5.39. The van der Waals surface area contributed by atoms with Crippen LogP contribution < -0.4 is 0 Å². The molecule has 0 heterocycles. The van der Waals surface area contributed by atoms with Gasteiger partial charge in [0.2, 0.25) is 0 Å².